The van der Waals surface area contributed by atoms with Crippen molar-refractivity contribution in [1.82, 2.24) is 14.9 Å². The van der Waals surface area contributed by atoms with E-state index in [1.54, 1.807) is 13.2 Å². The predicted octanol–water partition coefficient (Wildman–Crippen LogP) is 6.03. The van der Waals surface area contributed by atoms with Crippen LogP contribution in [0.15, 0.2) is 90.1 Å². The first-order chi connectivity index (χ1) is 19.5. The van der Waals surface area contributed by atoms with Gasteiger partial charge in [-0.3, -0.25) is 4.79 Å². The minimum atomic E-state index is 0.0675. The molecule has 1 saturated heterocycles. The van der Waals surface area contributed by atoms with Crippen LogP contribution in [0.3, 0.4) is 0 Å². The number of benzene rings is 3. The van der Waals surface area contributed by atoms with Gasteiger partial charge in [0.25, 0.3) is 5.91 Å². The normalized spacial score (nSPS) is 13.3. The number of aromatic nitrogens is 2. The molecule has 1 aliphatic rings. The Morgan fingerprint density at radius 2 is 1.62 bits per heavy atom. The van der Waals surface area contributed by atoms with Gasteiger partial charge in [-0.15, -0.1) is 0 Å². The van der Waals surface area contributed by atoms with Gasteiger partial charge in [0.05, 0.1) is 7.11 Å². The van der Waals surface area contributed by atoms with Gasteiger partial charge in [0.1, 0.15) is 16.7 Å². The Balaban J connectivity index is 1.14. The summed E-state index contributed by atoms with van der Waals surface area (Å²) in [6.07, 6.45) is 0. The zero-order valence-electron chi connectivity index (χ0n) is 22.7. The third-order valence-corrected chi connectivity index (χ3v) is 8.00. The highest BCUT2D eigenvalue weighted by Crippen LogP contribution is 2.26. The third-order valence-electron chi connectivity index (χ3n) is 6.89. The summed E-state index contributed by atoms with van der Waals surface area (Å²) in [5.74, 6) is 2.37. The molecule has 0 bridgehead atoms. The maximum atomic E-state index is 13.1. The maximum absolute atomic E-state index is 13.1. The molecule has 1 fully saturated rings. The SMILES string of the molecule is COc1ccc(N2CCN(C(=O)c3ccc(CSc4nc(Cl)cc(N(C)Cc5ccccc5)n4)cc3)CC2)cc1. The molecule has 5 rings (SSSR count). The van der Waals surface area contributed by atoms with Crippen LogP contribution in [0.25, 0.3) is 0 Å². The number of nitrogens with zero attached hydrogens (tertiary/aromatic N) is 5. The van der Waals surface area contributed by atoms with Gasteiger partial charge in [0.15, 0.2) is 5.16 Å². The Bertz CT molecular complexity index is 1410. The lowest BCUT2D eigenvalue weighted by molar-refractivity contribution is 0.0747. The maximum Gasteiger partial charge on any atom is 0.253 e. The second kappa shape index (κ2) is 13.1. The smallest absolute Gasteiger partial charge is 0.253 e. The lowest BCUT2D eigenvalue weighted by atomic mass is 10.1. The van der Waals surface area contributed by atoms with Crippen LogP contribution < -0.4 is 14.5 Å². The van der Waals surface area contributed by atoms with E-state index in [-0.39, 0.29) is 5.91 Å². The van der Waals surface area contributed by atoms with Gasteiger partial charge in [-0.2, -0.15) is 0 Å². The van der Waals surface area contributed by atoms with E-state index in [4.69, 9.17) is 21.3 Å². The van der Waals surface area contributed by atoms with Gasteiger partial charge >= 0.3 is 0 Å². The molecule has 7 nitrogen and oxygen atoms in total. The van der Waals surface area contributed by atoms with Crippen LogP contribution in [0, 0.1) is 0 Å². The second-order valence-corrected chi connectivity index (χ2v) is 11.0. The minimum Gasteiger partial charge on any atom is -0.497 e. The quantitative estimate of drug-likeness (QED) is 0.138. The van der Waals surface area contributed by atoms with E-state index in [0.29, 0.717) is 34.7 Å². The number of hydrogen-bond acceptors (Lipinski definition) is 7. The summed E-state index contributed by atoms with van der Waals surface area (Å²) >= 11 is 7.85. The van der Waals surface area contributed by atoms with E-state index < -0.39 is 0 Å². The first-order valence-electron chi connectivity index (χ1n) is 13.2. The number of carbonyl (C=O) groups is 1. The molecule has 4 aromatic rings. The molecule has 0 atom stereocenters. The molecule has 1 aromatic heterocycles. The molecular weight excluding hydrogens is 542 g/mol. The number of carbonyl (C=O) groups excluding carboxylic acids is 1. The fraction of sp³-hybridized carbons (Fsp3) is 0.258. The molecule has 0 N–H and O–H groups in total. The lowest BCUT2D eigenvalue weighted by Gasteiger charge is -2.36. The third kappa shape index (κ3) is 7.06. The van der Waals surface area contributed by atoms with E-state index >= 15 is 0 Å². The highest BCUT2D eigenvalue weighted by Gasteiger charge is 2.22. The molecule has 0 spiro atoms. The van der Waals surface area contributed by atoms with E-state index in [2.05, 4.69) is 39.0 Å². The number of amides is 1. The summed E-state index contributed by atoms with van der Waals surface area (Å²) in [6, 6.07) is 27.9. The average Bonchev–Trinajstić information content (AvgIpc) is 3.00. The van der Waals surface area contributed by atoms with Crippen molar-refractivity contribution in [2.75, 3.05) is 50.1 Å². The number of piperazine rings is 1. The van der Waals surface area contributed by atoms with Gasteiger partial charge in [-0.25, -0.2) is 9.97 Å². The average molecular weight is 574 g/mol. The molecule has 9 heteroatoms. The highest BCUT2D eigenvalue weighted by atomic mass is 35.5. The van der Waals surface area contributed by atoms with Gasteiger partial charge in [0, 0.05) is 62.8 Å². The Morgan fingerprint density at radius 1 is 0.925 bits per heavy atom. The topological polar surface area (TPSA) is 61.8 Å². The van der Waals surface area contributed by atoms with Crippen molar-refractivity contribution in [2.24, 2.45) is 0 Å². The number of hydrogen-bond donors (Lipinski definition) is 0. The first-order valence-corrected chi connectivity index (χ1v) is 14.5. The van der Waals surface area contributed by atoms with Crippen molar-refractivity contribution in [3.63, 3.8) is 0 Å². The van der Waals surface area contributed by atoms with E-state index in [0.717, 1.165) is 42.5 Å². The van der Waals surface area contributed by atoms with Crippen molar-refractivity contribution in [2.45, 2.75) is 17.5 Å². The van der Waals surface area contributed by atoms with Gasteiger partial charge < -0.3 is 19.4 Å². The molecule has 3 aromatic carbocycles. The largest absolute Gasteiger partial charge is 0.497 e. The van der Waals surface area contributed by atoms with Crippen molar-refractivity contribution in [3.05, 3.63) is 107 Å². The molecule has 206 valence electrons. The molecule has 2 heterocycles. The van der Waals surface area contributed by atoms with Crippen molar-refractivity contribution in [3.8, 4) is 5.75 Å². The number of halogens is 1. The van der Waals surface area contributed by atoms with Crippen LogP contribution in [0.4, 0.5) is 11.5 Å². The molecule has 0 aliphatic carbocycles. The number of rotatable bonds is 9. The molecule has 1 aliphatic heterocycles. The molecule has 1 amide bonds. The van der Waals surface area contributed by atoms with Gasteiger partial charge in [0.2, 0.25) is 0 Å². The van der Waals surface area contributed by atoms with Crippen LogP contribution >= 0.6 is 23.4 Å². The van der Waals surface area contributed by atoms with Crippen LogP contribution in [0.1, 0.15) is 21.5 Å². The van der Waals surface area contributed by atoms with Crippen molar-refractivity contribution >= 4 is 40.8 Å². The number of anilines is 2. The fourth-order valence-electron chi connectivity index (χ4n) is 4.62. The summed E-state index contributed by atoms with van der Waals surface area (Å²) in [4.78, 5) is 28.5. The van der Waals surface area contributed by atoms with E-state index in [1.807, 2.05) is 66.5 Å². The standard InChI is InChI=1S/C31H32ClN5O2S/c1-35(21-23-6-4-3-5-7-23)29-20-28(32)33-31(34-29)40-22-24-8-10-25(11-9-24)30(38)37-18-16-36(17-19-37)26-12-14-27(39-2)15-13-26/h3-15,20H,16-19,21-22H2,1-2H3. The van der Waals surface area contributed by atoms with Crippen molar-refractivity contribution < 1.29 is 9.53 Å². The van der Waals surface area contributed by atoms with E-state index in [1.165, 1.54) is 17.3 Å². The van der Waals surface area contributed by atoms with Crippen molar-refractivity contribution in [1.29, 1.82) is 0 Å². The van der Waals surface area contributed by atoms with Crippen LogP contribution in [0.2, 0.25) is 5.15 Å². The summed E-state index contributed by atoms with van der Waals surface area (Å²) in [7, 11) is 3.66. The Morgan fingerprint density at radius 3 is 2.30 bits per heavy atom. The van der Waals surface area contributed by atoms with Crippen LogP contribution in [-0.4, -0.2) is 61.1 Å². The van der Waals surface area contributed by atoms with Gasteiger partial charge in [-0.05, 0) is 47.5 Å². The van der Waals surface area contributed by atoms with Crippen LogP contribution in [0.5, 0.6) is 5.75 Å². The van der Waals surface area contributed by atoms with E-state index in [9.17, 15) is 4.79 Å². The Labute approximate surface area is 244 Å². The molecule has 0 radical (unpaired) electrons. The number of thioether (sulfide) groups is 1. The number of methoxy groups -OCH3 is 1. The fourth-order valence-corrected chi connectivity index (χ4v) is 5.66. The molecule has 0 unspecified atom stereocenters. The predicted molar refractivity (Wildman–Crippen MR) is 163 cm³/mol. The zero-order valence-corrected chi connectivity index (χ0v) is 24.2. The second-order valence-electron chi connectivity index (χ2n) is 9.64. The van der Waals surface area contributed by atoms with Gasteiger partial charge in [-0.1, -0.05) is 65.8 Å². The summed E-state index contributed by atoms with van der Waals surface area (Å²) in [6.45, 7) is 3.71. The zero-order chi connectivity index (χ0) is 27.9. The first kappa shape index (κ1) is 27.8. The summed E-state index contributed by atoms with van der Waals surface area (Å²) in [5.41, 5.74) is 4.14. The molecule has 40 heavy (non-hydrogen) atoms. The monoisotopic (exact) mass is 573 g/mol. The Kier molecular flexibility index (Phi) is 9.08. The molecule has 0 saturated carbocycles. The summed E-state index contributed by atoms with van der Waals surface area (Å²) in [5, 5.41) is 1.04. The van der Waals surface area contributed by atoms with Crippen LogP contribution in [-0.2, 0) is 12.3 Å². The molecular formula is C31H32ClN5O2S. The highest BCUT2D eigenvalue weighted by molar-refractivity contribution is 7.98. The summed E-state index contributed by atoms with van der Waals surface area (Å²) < 4.78 is 5.25. The lowest BCUT2D eigenvalue weighted by Crippen LogP contribution is -2.48. The number of ether oxygens (including phenoxy) is 1. The minimum absolute atomic E-state index is 0.0675. The Hall–Kier alpha value is -3.75.